The van der Waals surface area contributed by atoms with Gasteiger partial charge in [0.15, 0.2) is 0 Å². The SMILES string of the molecule is CNC(CCc1ccco1)C1CCC1. The highest BCUT2D eigenvalue weighted by Crippen LogP contribution is 2.31. The van der Waals surface area contributed by atoms with Crippen molar-refractivity contribution in [3.63, 3.8) is 0 Å². The summed E-state index contributed by atoms with van der Waals surface area (Å²) < 4.78 is 5.33. The zero-order valence-electron chi connectivity index (χ0n) is 8.83. The molecule has 1 aromatic rings. The molecule has 0 radical (unpaired) electrons. The van der Waals surface area contributed by atoms with Crippen LogP contribution in [0.5, 0.6) is 0 Å². The fourth-order valence-electron chi connectivity index (χ4n) is 2.21. The highest BCUT2D eigenvalue weighted by atomic mass is 16.3. The monoisotopic (exact) mass is 193 g/mol. The van der Waals surface area contributed by atoms with Crippen molar-refractivity contribution in [3.05, 3.63) is 24.2 Å². The van der Waals surface area contributed by atoms with E-state index in [2.05, 4.69) is 18.4 Å². The molecule has 0 bridgehead atoms. The lowest BCUT2D eigenvalue weighted by Gasteiger charge is -2.33. The van der Waals surface area contributed by atoms with Crippen LogP contribution < -0.4 is 5.32 Å². The van der Waals surface area contributed by atoms with Gasteiger partial charge in [0.05, 0.1) is 6.26 Å². The minimum Gasteiger partial charge on any atom is -0.469 e. The van der Waals surface area contributed by atoms with Crippen molar-refractivity contribution in [3.8, 4) is 0 Å². The molecule has 0 aliphatic heterocycles. The first-order chi connectivity index (χ1) is 6.90. The molecular weight excluding hydrogens is 174 g/mol. The van der Waals surface area contributed by atoms with Crippen molar-refractivity contribution in [2.75, 3.05) is 7.05 Å². The van der Waals surface area contributed by atoms with Crippen molar-refractivity contribution < 1.29 is 4.42 Å². The maximum atomic E-state index is 5.33. The predicted molar refractivity (Wildman–Crippen MR) is 57.2 cm³/mol. The number of nitrogens with one attached hydrogen (secondary N) is 1. The Bertz CT molecular complexity index is 251. The van der Waals surface area contributed by atoms with E-state index in [4.69, 9.17) is 4.42 Å². The molecule has 1 heterocycles. The summed E-state index contributed by atoms with van der Waals surface area (Å²) in [6.07, 6.45) is 8.26. The molecule has 2 rings (SSSR count). The average Bonchev–Trinajstić information content (AvgIpc) is 2.61. The van der Waals surface area contributed by atoms with Gasteiger partial charge in [-0.3, -0.25) is 0 Å². The molecule has 78 valence electrons. The zero-order chi connectivity index (χ0) is 9.80. The molecule has 1 saturated carbocycles. The molecule has 0 spiro atoms. The molecule has 0 saturated heterocycles. The molecule has 0 aromatic carbocycles. The largest absolute Gasteiger partial charge is 0.469 e. The number of hydrogen-bond acceptors (Lipinski definition) is 2. The summed E-state index contributed by atoms with van der Waals surface area (Å²) in [5.74, 6) is 2.03. The normalized spacial score (nSPS) is 19.2. The van der Waals surface area contributed by atoms with Crippen LogP contribution in [0, 0.1) is 5.92 Å². The zero-order valence-corrected chi connectivity index (χ0v) is 8.83. The van der Waals surface area contributed by atoms with Crippen LogP contribution in [0.1, 0.15) is 31.4 Å². The summed E-state index contributed by atoms with van der Waals surface area (Å²) in [6, 6.07) is 4.72. The maximum Gasteiger partial charge on any atom is 0.103 e. The van der Waals surface area contributed by atoms with Crippen molar-refractivity contribution in [2.45, 2.75) is 38.1 Å². The average molecular weight is 193 g/mol. The number of rotatable bonds is 5. The third kappa shape index (κ3) is 2.18. The van der Waals surface area contributed by atoms with Crippen LogP contribution >= 0.6 is 0 Å². The van der Waals surface area contributed by atoms with Crippen LogP contribution in [-0.4, -0.2) is 13.1 Å². The third-order valence-corrected chi connectivity index (χ3v) is 3.37. The first kappa shape index (κ1) is 9.78. The number of hydrogen-bond donors (Lipinski definition) is 1. The van der Waals surface area contributed by atoms with E-state index in [1.165, 1.54) is 25.7 Å². The second kappa shape index (κ2) is 4.65. The number of furan rings is 1. The third-order valence-electron chi connectivity index (χ3n) is 3.37. The van der Waals surface area contributed by atoms with Crippen LogP contribution in [0.3, 0.4) is 0 Å². The topological polar surface area (TPSA) is 25.2 Å². The Morgan fingerprint density at radius 1 is 1.57 bits per heavy atom. The minimum atomic E-state index is 0.689. The van der Waals surface area contributed by atoms with Crippen molar-refractivity contribution in [1.29, 1.82) is 0 Å². The summed E-state index contributed by atoms with van der Waals surface area (Å²) in [5, 5.41) is 3.42. The van der Waals surface area contributed by atoms with Crippen LogP contribution in [-0.2, 0) is 6.42 Å². The Hall–Kier alpha value is -0.760. The first-order valence-corrected chi connectivity index (χ1v) is 5.60. The fourth-order valence-corrected chi connectivity index (χ4v) is 2.21. The van der Waals surface area contributed by atoms with Gasteiger partial charge in [0.2, 0.25) is 0 Å². The molecule has 14 heavy (non-hydrogen) atoms. The van der Waals surface area contributed by atoms with Gasteiger partial charge in [0.25, 0.3) is 0 Å². The molecule has 1 aliphatic rings. The summed E-state index contributed by atoms with van der Waals surface area (Å²) >= 11 is 0. The molecule has 1 fully saturated rings. The van der Waals surface area contributed by atoms with Gasteiger partial charge in [-0.25, -0.2) is 0 Å². The summed E-state index contributed by atoms with van der Waals surface area (Å²) in [6.45, 7) is 0. The quantitative estimate of drug-likeness (QED) is 0.777. The standard InChI is InChI=1S/C12H19NO/c1-13-12(10-4-2-5-10)8-7-11-6-3-9-14-11/h3,6,9-10,12-13H,2,4-5,7-8H2,1H3. The van der Waals surface area contributed by atoms with Crippen LogP contribution in [0.15, 0.2) is 22.8 Å². The van der Waals surface area contributed by atoms with E-state index in [9.17, 15) is 0 Å². The molecule has 1 aromatic heterocycles. The Kier molecular flexibility index (Phi) is 3.25. The highest BCUT2D eigenvalue weighted by Gasteiger charge is 2.25. The first-order valence-electron chi connectivity index (χ1n) is 5.60. The lowest BCUT2D eigenvalue weighted by molar-refractivity contribution is 0.225. The van der Waals surface area contributed by atoms with Gasteiger partial charge in [-0.05, 0) is 44.4 Å². The molecule has 2 nitrogen and oxygen atoms in total. The van der Waals surface area contributed by atoms with E-state index in [-0.39, 0.29) is 0 Å². The smallest absolute Gasteiger partial charge is 0.103 e. The van der Waals surface area contributed by atoms with Crippen molar-refractivity contribution in [2.24, 2.45) is 5.92 Å². The summed E-state index contributed by atoms with van der Waals surface area (Å²) in [4.78, 5) is 0. The molecule has 1 unspecified atom stereocenters. The lowest BCUT2D eigenvalue weighted by atomic mass is 9.78. The minimum absolute atomic E-state index is 0.689. The van der Waals surface area contributed by atoms with E-state index < -0.39 is 0 Å². The van der Waals surface area contributed by atoms with Crippen molar-refractivity contribution >= 4 is 0 Å². The Morgan fingerprint density at radius 3 is 2.93 bits per heavy atom. The van der Waals surface area contributed by atoms with E-state index in [1.54, 1.807) is 6.26 Å². The van der Waals surface area contributed by atoms with Crippen LogP contribution in [0.4, 0.5) is 0 Å². The summed E-state index contributed by atoms with van der Waals surface area (Å²) in [5.41, 5.74) is 0. The van der Waals surface area contributed by atoms with E-state index in [0.29, 0.717) is 6.04 Å². The van der Waals surface area contributed by atoms with E-state index in [1.807, 2.05) is 6.07 Å². The molecule has 1 atom stereocenters. The van der Waals surface area contributed by atoms with Gasteiger partial charge in [-0.15, -0.1) is 0 Å². The molecule has 0 amide bonds. The highest BCUT2D eigenvalue weighted by molar-refractivity contribution is 4.99. The molecule has 1 N–H and O–H groups in total. The van der Waals surface area contributed by atoms with Crippen LogP contribution in [0.25, 0.3) is 0 Å². The van der Waals surface area contributed by atoms with Gasteiger partial charge in [0, 0.05) is 12.5 Å². The van der Waals surface area contributed by atoms with Gasteiger partial charge >= 0.3 is 0 Å². The van der Waals surface area contributed by atoms with Gasteiger partial charge in [0.1, 0.15) is 5.76 Å². The summed E-state index contributed by atoms with van der Waals surface area (Å²) in [7, 11) is 2.07. The molecule has 1 aliphatic carbocycles. The predicted octanol–water partition coefficient (Wildman–Crippen LogP) is 2.60. The Labute approximate surface area is 85.7 Å². The number of aryl methyl sites for hydroxylation is 1. The van der Waals surface area contributed by atoms with E-state index in [0.717, 1.165) is 18.1 Å². The van der Waals surface area contributed by atoms with Gasteiger partial charge < -0.3 is 9.73 Å². The van der Waals surface area contributed by atoms with Crippen LogP contribution in [0.2, 0.25) is 0 Å². The van der Waals surface area contributed by atoms with E-state index >= 15 is 0 Å². The fraction of sp³-hybridized carbons (Fsp3) is 0.667. The van der Waals surface area contributed by atoms with Gasteiger partial charge in [-0.1, -0.05) is 6.42 Å². The second-order valence-corrected chi connectivity index (χ2v) is 4.20. The molecule has 2 heteroatoms. The molecular formula is C12H19NO. The Balaban J connectivity index is 1.77. The Morgan fingerprint density at radius 2 is 2.43 bits per heavy atom. The van der Waals surface area contributed by atoms with Gasteiger partial charge in [-0.2, -0.15) is 0 Å². The maximum absolute atomic E-state index is 5.33. The van der Waals surface area contributed by atoms with Crippen molar-refractivity contribution in [1.82, 2.24) is 5.32 Å². The lowest BCUT2D eigenvalue weighted by Crippen LogP contribution is -2.37. The second-order valence-electron chi connectivity index (χ2n) is 4.20.